The molecule has 0 amide bonds. The second kappa shape index (κ2) is 6.39. The summed E-state index contributed by atoms with van der Waals surface area (Å²) in [5.41, 5.74) is 2.47. The number of nitrogen functional groups attached to an aromatic ring is 1. The lowest BCUT2D eigenvalue weighted by Gasteiger charge is -2.21. The number of methoxy groups -OCH3 is 1. The van der Waals surface area contributed by atoms with Crippen LogP contribution in [0.25, 0.3) is 0 Å². The molecule has 0 atom stereocenters. The molecule has 6 nitrogen and oxygen atoms in total. The van der Waals surface area contributed by atoms with E-state index in [0.29, 0.717) is 30.0 Å². The van der Waals surface area contributed by atoms with Gasteiger partial charge in [-0.25, -0.2) is 10.8 Å². The number of rotatable bonds is 5. The molecule has 0 bridgehead atoms. The lowest BCUT2D eigenvalue weighted by Crippen LogP contribution is -2.17. The van der Waals surface area contributed by atoms with E-state index in [1.54, 1.807) is 7.11 Å². The fourth-order valence-electron chi connectivity index (χ4n) is 2.30. The maximum absolute atomic E-state index is 5.74. The Balaban J connectivity index is 1.99. The second-order valence-electron chi connectivity index (χ2n) is 4.52. The summed E-state index contributed by atoms with van der Waals surface area (Å²) >= 11 is 0. The normalized spacial score (nSPS) is 16.3. The summed E-state index contributed by atoms with van der Waals surface area (Å²) in [5.74, 6) is 7.32. The van der Waals surface area contributed by atoms with Crippen LogP contribution in [0.15, 0.2) is 6.33 Å². The van der Waals surface area contributed by atoms with Gasteiger partial charge in [0, 0.05) is 0 Å². The summed E-state index contributed by atoms with van der Waals surface area (Å²) < 4.78 is 11.0. The molecule has 1 aliphatic carbocycles. The average Bonchev–Trinajstić information content (AvgIpc) is 2.45. The van der Waals surface area contributed by atoms with Crippen LogP contribution in [0.3, 0.4) is 0 Å². The first-order valence-corrected chi connectivity index (χ1v) is 6.33. The zero-order chi connectivity index (χ0) is 12.8. The van der Waals surface area contributed by atoms with Crippen LogP contribution >= 0.6 is 0 Å². The average molecular weight is 252 g/mol. The zero-order valence-electron chi connectivity index (χ0n) is 10.7. The molecule has 0 saturated heterocycles. The lowest BCUT2D eigenvalue weighted by molar-refractivity contribution is 0.196. The minimum atomic E-state index is 0.436. The predicted octanol–water partition coefficient (Wildman–Crippen LogP) is 1.73. The number of hydrogen-bond acceptors (Lipinski definition) is 6. The van der Waals surface area contributed by atoms with Crippen LogP contribution in [0.5, 0.6) is 11.6 Å². The standard InChI is InChI=1S/C12H20N4O2/c1-17-10-11(16-13)14-8-15-12(10)18-7-9-5-3-2-4-6-9/h8-9H,2-7,13H2,1H3,(H,14,15,16). The van der Waals surface area contributed by atoms with Gasteiger partial charge in [0.05, 0.1) is 13.7 Å². The maximum Gasteiger partial charge on any atom is 0.262 e. The molecule has 6 heteroatoms. The van der Waals surface area contributed by atoms with Gasteiger partial charge in [0.2, 0.25) is 5.75 Å². The van der Waals surface area contributed by atoms with E-state index in [4.69, 9.17) is 15.3 Å². The smallest absolute Gasteiger partial charge is 0.262 e. The number of ether oxygens (including phenoxy) is 2. The zero-order valence-corrected chi connectivity index (χ0v) is 10.7. The molecule has 3 N–H and O–H groups in total. The largest absolute Gasteiger partial charge is 0.489 e. The fourth-order valence-corrected chi connectivity index (χ4v) is 2.30. The highest BCUT2D eigenvalue weighted by Crippen LogP contribution is 2.31. The number of nitrogens with zero attached hydrogens (tertiary/aromatic N) is 2. The molecular weight excluding hydrogens is 232 g/mol. The summed E-state index contributed by atoms with van der Waals surface area (Å²) in [6.45, 7) is 0.678. The van der Waals surface area contributed by atoms with Crippen molar-refractivity contribution in [3.8, 4) is 11.6 Å². The molecule has 1 saturated carbocycles. The molecule has 1 aliphatic rings. The van der Waals surface area contributed by atoms with Gasteiger partial charge in [-0.3, -0.25) is 0 Å². The predicted molar refractivity (Wildman–Crippen MR) is 68.5 cm³/mol. The van der Waals surface area contributed by atoms with E-state index in [-0.39, 0.29) is 0 Å². The van der Waals surface area contributed by atoms with Crippen LogP contribution < -0.4 is 20.7 Å². The van der Waals surface area contributed by atoms with Gasteiger partial charge in [-0.05, 0) is 18.8 Å². The monoisotopic (exact) mass is 252 g/mol. The van der Waals surface area contributed by atoms with E-state index in [1.807, 2.05) is 0 Å². The summed E-state index contributed by atoms with van der Waals surface area (Å²) in [4.78, 5) is 8.06. The third kappa shape index (κ3) is 3.01. The molecule has 2 rings (SSSR count). The van der Waals surface area contributed by atoms with E-state index in [1.165, 1.54) is 38.4 Å². The van der Waals surface area contributed by atoms with Crippen LogP contribution in [-0.4, -0.2) is 23.7 Å². The molecule has 0 unspecified atom stereocenters. The van der Waals surface area contributed by atoms with E-state index in [2.05, 4.69) is 15.4 Å². The van der Waals surface area contributed by atoms with Gasteiger partial charge >= 0.3 is 0 Å². The van der Waals surface area contributed by atoms with Crippen LogP contribution in [0.4, 0.5) is 5.82 Å². The highest BCUT2D eigenvalue weighted by molar-refractivity contribution is 5.54. The van der Waals surface area contributed by atoms with Crippen molar-refractivity contribution in [1.29, 1.82) is 0 Å². The van der Waals surface area contributed by atoms with Gasteiger partial charge in [-0.2, -0.15) is 4.98 Å². The first-order valence-electron chi connectivity index (χ1n) is 6.33. The fraction of sp³-hybridized carbons (Fsp3) is 0.667. The van der Waals surface area contributed by atoms with Gasteiger partial charge in [-0.15, -0.1) is 0 Å². The van der Waals surface area contributed by atoms with E-state index in [9.17, 15) is 0 Å². The van der Waals surface area contributed by atoms with Crippen molar-refractivity contribution in [2.75, 3.05) is 19.1 Å². The van der Waals surface area contributed by atoms with Crippen molar-refractivity contribution >= 4 is 5.82 Å². The number of hydrazine groups is 1. The summed E-state index contributed by atoms with van der Waals surface area (Å²) in [5, 5.41) is 0. The molecule has 0 radical (unpaired) electrons. The first kappa shape index (κ1) is 12.9. The molecule has 0 aliphatic heterocycles. The number of aromatic nitrogens is 2. The van der Waals surface area contributed by atoms with Gasteiger partial charge < -0.3 is 14.9 Å². The van der Waals surface area contributed by atoms with Crippen molar-refractivity contribution in [2.24, 2.45) is 11.8 Å². The molecule has 1 heterocycles. The van der Waals surface area contributed by atoms with Crippen LogP contribution in [0.2, 0.25) is 0 Å². The lowest BCUT2D eigenvalue weighted by atomic mass is 9.90. The first-order chi connectivity index (χ1) is 8.85. The quantitative estimate of drug-likeness (QED) is 0.613. The van der Waals surface area contributed by atoms with Gasteiger partial charge in [0.1, 0.15) is 6.33 Å². The van der Waals surface area contributed by atoms with Crippen molar-refractivity contribution in [3.63, 3.8) is 0 Å². The Morgan fingerprint density at radius 2 is 2.11 bits per heavy atom. The molecule has 1 aromatic heterocycles. The highest BCUT2D eigenvalue weighted by atomic mass is 16.5. The molecule has 0 spiro atoms. The Hall–Kier alpha value is -1.56. The third-order valence-electron chi connectivity index (χ3n) is 3.29. The summed E-state index contributed by atoms with van der Waals surface area (Å²) in [7, 11) is 1.55. The van der Waals surface area contributed by atoms with Gasteiger partial charge in [-0.1, -0.05) is 19.3 Å². The molecular formula is C12H20N4O2. The van der Waals surface area contributed by atoms with Crippen LogP contribution in [-0.2, 0) is 0 Å². The Morgan fingerprint density at radius 3 is 2.78 bits per heavy atom. The van der Waals surface area contributed by atoms with Crippen molar-refractivity contribution in [1.82, 2.24) is 9.97 Å². The van der Waals surface area contributed by atoms with Crippen molar-refractivity contribution < 1.29 is 9.47 Å². The number of nitrogens with one attached hydrogen (secondary N) is 1. The summed E-state index contributed by atoms with van der Waals surface area (Å²) in [6.07, 6.45) is 7.81. The molecule has 1 fully saturated rings. The Bertz CT molecular complexity index is 380. The summed E-state index contributed by atoms with van der Waals surface area (Å²) in [6, 6.07) is 0. The third-order valence-corrected chi connectivity index (χ3v) is 3.29. The number of nitrogens with two attached hydrogens (primary N) is 1. The van der Waals surface area contributed by atoms with E-state index in [0.717, 1.165) is 0 Å². The Kier molecular flexibility index (Phi) is 4.58. The molecule has 0 aromatic carbocycles. The minimum Gasteiger partial charge on any atom is -0.489 e. The van der Waals surface area contributed by atoms with Crippen LogP contribution in [0.1, 0.15) is 32.1 Å². The van der Waals surface area contributed by atoms with Gasteiger partial charge in [0.25, 0.3) is 5.88 Å². The maximum atomic E-state index is 5.74. The topological polar surface area (TPSA) is 82.3 Å². The minimum absolute atomic E-state index is 0.436. The number of anilines is 1. The number of hydrogen-bond donors (Lipinski definition) is 2. The Morgan fingerprint density at radius 1 is 1.33 bits per heavy atom. The molecule has 1 aromatic rings. The van der Waals surface area contributed by atoms with E-state index < -0.39 is 0 Å². The molecule has 18 heavy (non-hydrogen) atoms. The van der Waals surface area contributed by atoms with Crippen LogP contribution in [0, 0.1) is 5.92 Å². The van der Waals surface area contributed by atoms with Crippen molar-refractivity contribution in [3.05, 3.63) is 6.33 Å². The Labute approximate surface area is 107 Å². The van der Waals surface area contributed by atoms with E-state index >= 15 is 0 Å². The SMILES string of the molecule is COc1c(NN)ncnc1OCC1CCCCC1. The van der Waals surface area contributed by atoms with Crippen molar-refractivity contribution in [2.45, 2.75) is 32.1 Å². The second-order valence-corrected chi connectivity index (χ2v) is 4.52. The van der Waals surface area contributed by atoms with Gasteiger partial charge in [0.15, 0.2) is 5.82 Å². The molecule has 100 valence electrons. The highest BCUT2D eigenvalue weighted by Gasteiger charge is 2.17.